The maximum atomic E-state index is 13.2. The summed E-state index contributed by atoms with van der Waals surface area (Å²) in [4.78, 5) is 50.4. The summed E-state index contributed by atoms with van der Waals surface area (Å²) in [5.74, 6) is -1.48. The van der Waals surface area contributed by atoms with Gasteiger partial charge in [0.2, 0.25) is 0 Å². The van der Waals surface area contributed by atoms with E-state index in [4.69, 9.17) is 11.6 Å². The molecule has 2 heterocycles. The first kappa shape index (κ1) is 20.5. The van der Waals surface area contributed by atoms with Crippen molar-refractivity contribution in [2.45, 2.75) is 13.3 Å². The van der Waals surface area contributed by atoms with E-state index in [-0.39, 0.29) is 33.5 Å². The predicted molar refractivity (Wildman–Crippen MR) is 115 cm³/mol. The van der Waals surface area contributed by atoms with Crippen LogP contribution in [-0.4, -0.2) is 35.6 Å². The number of ketones is 2. The lowest BCUT2D eigenvalue weighted by molar-refractivity contribution is -0.119. The highest BCUT2D eigenvalue weighted by Crippen LogP contribution is 2.30. The second-order valence-electron chi connectivity index (χ2n) is 7.22. The van der Waals surface area contributed by atoms with Crippen LogP contribution in [0.25, 0.3) is 22.5 Å². The Morgan fingerprint density at radius 3 is 2.45 bits per heavy atom. The molecule has 4 rings (SSSR count). The Morgan fingerprint density at radius 1 is 1.13 bits per heavy atom. The van der Waals surface area contributed by atoms with Crippen LogP contribution < -0.4 is 11.2 Å². The molecule has 158 valence electrons. The number of hydrogen-bond acceptors (Lipinski definition) is 6. The van der Waals surface area contributed by atoms with Crippen molar-refractivity contribution in [3.63, 3.8) is 0 Å². The van der Waals surface area contributed by atoms with E-state index in [2.05, 4.69) is 5.10 Å². The number of carbonyl (C=O) groups is 2. The molecule has 3 aromatic rings. The van der Waals surface area contributed by atoms with Gasteiger partial charge in [-0.15, -0.1) is 0 Å². The molecule has 0 saturated carbocycles. The number of nitrogens with zero attached hydrogens (tertiary/aromatic N) is 4. The second-order valence-corrected chi connectivity index (χ2v) is 7.62. The summed E-state index contributed by atoms with van der Waals surface area (Å²) in [6, 6.07) is 4.23. The lowest BCUT2D eigenvalue weighted by Gasteiger charge is -2.14. The Bertz CT molecular complexity index is 1490. The lowest BCUT2D eigenvalue weighted by atomic mass is 9.94. The topological polar surface area (TPSA) is 116 Å². The number of allylic oxidation sites excluding steroid dienone is 3. The fraction of sp³-hybridized carbons (Fsp3) is 0.190. The zero-order chi connectivity index (χ0) is 22.6. The van der Waals surface area contributed by atoms with Gasteiger partial charge in [0.1, 0.15) is 17.2 Å². The minimum absolute atomic E-state index is 0.0234. The number of halogens is 1. The monoisotopic (exact) mass is 440 g/mol. The number of Topliss-reactive ketones (excluding diaryl/α,β-unsaturated/α-hetero) is 1. The summed E-state index contributed by atoms with van der Waals surface area (Å²) in [6.45, 7) is 1.74. The molecular formula is C21H17ClN4O5. The zero-order valence-electron chi connectivity index (χ0n) is 16.8. The van der Waals surface area contributed by atoms with E-state index in [0.29, 0.717) is 11.5 Å². The Labute approximate surface area is 180 Å². The lowest BCUT2D eigenvalue weighted by Crippen LogP contribution is -2.39. The van der Waals surface area contributed by atoms with Crippen LogP contribution in [0, 0.1) is 6.92 Å². The van der Waals surface area contributed by atoms with Crippen molar-refractivity contribution in [1.29, 1.82) is 0 Å². The minimum atomic E-state index is -0.638. The van der Waals surface area contributed by atoms with Crippen molar-refractivity contribution in [3.05, 3.63) is 73.0 Å². The molecule has 0 saturated heterocycles. The zero-order valence-corrected chi connectivity index (χ0v) is 17.6. The third kappa shape index (κ3) is 3.14. The van der Waals surface area contributed by atoms with Crippen molar-refractivity contribution in [3.8, 4) is 5.82 Å². The van der Waals surface area contributed by atoms with Gasteiger partial charge in [-0.05, 0) is 25.1 Å². The molecule has 0 amide bonds. The smallest absolute Gasteiger partial charge is 0.337 e. The standard InChI is InChI=1S/C21H17ClN4O5/c1-10-7-17(25(3)23-10)26-20(30)12-8-13(22)11(9-14(12)24(2)21(26)31)19(29)18-15(27)5-4-6-16(18)28/h4-5,7-9,29H,6H2,1-3H3/b19-18+. The summed E-state index contributed by atoms with van der Waals surface area (Å²) in [5, 5.41) is 14.9. The average Bonchev–Trinajstić information content (AvgIpc) is 3.03. The molecule has 1 N–H and O–H groups in total. The highest BCUT2D eigenvalue weighted by atomic mass is 35.5. The molecule has 1 aliphatic carbocycles. The third-order valence-corrected chi connectivity index (χ3v) is 5.47. The van der Waals surface area contributed by atoms with Crippen molar-refractivity contribution in [2.75, 3.05) is 0 Å². The molecule has 31 heavy (non-hydrogen) atoms. The number of aliphatic hydroxyl groups excluding tert-OH is 1. The second kappa shape index (κ2) is 7.21. The number of hydrogen-bond donors (Lipinski definition) is 1. The summed E-state index contributed by atoms with van der Waals surface area (Å²) < 4.78 is 3.63. The van der Waals surface area contributed by atoms with E-state index in [1.54, 1.807) is 20.0 Å². The number of fused-ring (bicyclic) bond motifs is 1. The maximum absolute atomic E-state index is 13.2. The number of rotatable bonds is 2. The summed E-state index contributed by atoms with van der Waals surface area (Å²) in [6.07, 6.45) is 2.59. The Balaban J connectivity index is 2.04. The van der Waals surface area contributed by atoms with Crippen LogP contribution in [0.4, 0.5) is 0 Å². The van der Waals surface area contributed by atoms with Gasteiger partial charge in [-0.3, -0.25) is 23.6 Å². The SMILES string of the molecule is Cc1cc(-n2c(=O)c3cc(Cl)c(/C(O)=C4/C(=O)C=CCC4=O)cc3n(C)c2=O)n(C)n1. The van der Waals surface area contributed by atoms with Gasteiger partial charge in [-0.1, -0.05) is 17.7 Å². The molecule has 0 unspecified atom stereocenters. The van der Waals surface area contributed by atoms with Gasteiger partial charge in [0, 0.05) is 32.1 Å². The predicted octanol–water partition coefficient (Wildman–Crippen LogP) is 1.75. The normalized spacial score (nSPS) is 15.7. The quantitative estimate of drug-likeness (QED) is 0.368. The molecule has 0 spiro atoms. The van der Waals surface area contributed by atoms with E-state index in [9.17, 15) is 24.3 Å². The van der Waals surface area contributed by atoms with Gasteiger partial charge < -0.3 is 5.11 Å². The van der Waals surface area contributed by atoms with Gasteiger partial charge >= 0.3 is 5.69 Å². The Hall–Kier alpha value is -3.72. The van der Waals surface area contributed by atoms with Crippen LogP contribution >= 0.6 is 11.6 Å². The maximum Gasteiger partial charge on any atom is 0.337 e. The first-order valence-electron chi connectivity index (χ1n) is 9.25. The van der Waals surface area contributed by atoms with Crippen molar-refractivity contribution >= 4 is 39.8 Å². The first-order chi connectivity index (χ1) is 14.6. The highest BCUT2D eigenvalue weighted by Gasteiger charge is 2.26. The number of aromatic nitrogens is 4. The molecular weight excluding hydrogens is 424 g/mol. The van der Waals surface area contributed by atoms with Gasteiger partial charge in [-0.25, -0.2) is 9.36 Å². The van der Waals surface area contributed by atoms with Crippen molar-refractivity contribution in [1.82, 2.24) is 18.9 Å². The van der Waals surface area contributed by atoms with E-state index in [0.717, 1.165) is 4.57 Å². The minimum Gasteiger partial charge on any atom is -0.506 e. The molecule has 2 aromatic heterocycles. The Morgan fingerprint density at radius 2 is 1.84 bits per heavy atom. The largest absolute Gasteiger partial charge is 0.506 e. The molecule has 1 aromatic carbocycles. The molecule has 0 aliphatic heterocycles. The van der Waals surface area contributed by atoms with Gasteiger partial charge in [0.25, 0.3) is 5.56 Å². The number of benzene rings is 1. The molecule has 1 aliphatic rings. The third-order valence-electron chi connectivity index (χ3n) is 5.15. The number of aryl methyl sites for hydroxylation is 3. The van der Waals surface area contributed by atoms with E-state index in [1.807, 2.05) is 0 Å². The highest BCUT2D eigenvalue weighted by molar-refractivity contribution is 6.35. The fourth-order valence-electron chi connectivity index (χ4n) is 3.64. The molecule has 0 atom stereocenters. The van der Waals surface area contributed by atoms with Crippen LogP contribution in [0.15, 0.2) is 45.5 Å². The number of aliphatic hydroxyl groups is 1. The van der Waals surface area contributed by atoms with Crippen LogP contribution in [0.3, 0.4) is 0 Å². The molecule has 9 nitrogen and oxygen atoms in total. The van der Waals surface area contributed by atoms with E-state index < -0.39 is 28.6 Å². The Kier molecular flexibility index (Phi) is 4.78. The summed E-state index contributed by atoms with van der Waals surface area (Å²) >= 11 is 6.32. The molecule has 0 bridgehead atoms. The van der Waals surface area contributed by atoms with Crippen molar-refractivity contribution in [2.24, 2.45) is 14.1 Å². The van der Waals surface area contributed by atoms with Crippen LogP contribution in [0.1, 0.15) is 17.7 Å². The van der Waals surface area contributed by atoms with E-state index >= 15 is 0 Å². The molecule has 10 heteroatoms. The fourth-order valence-corrected chi connectivity index (χ4v) is 3.89. The summed E-state index contributed by atoms with van der Waals surface area (Å²) in [7, 11) is 3.08. The van der Waals surface area contributed by atoms with Crippen molar-refractivity contribution < 1.29 is 14.7 Å². The van der Waals surface area contributed by atoms with Gasteiger partial charge in [-0.2, -0.15) is 5.10 Å². The van der Waals surface area contributed by atoms with Crippen LogP contribution in [0.2, 0.25) is 5.02 Å². The number of carbonyl (C=O) groups excluding carboxylic acids is 2. The van der Waals surface area contributed by atoms with E-state index in [1.165, 1.54) is 40.6 Å². The average molecular weight is 441 g/mol. The summed E-state index contributed by atoms with van der Waals surface area (Å²) in [5.41, 5.74) is -0.837. The van der Waals surface area contributed by atoms with Crippen LogP contribution in [0.5, 0.6) is 0 Å². The first-order valence-corrected chi connectivity index (χ1v) is 9.63. The van der Waals surface area contributed by atoms with Gasteiger partial charge in [0.05, 0.1) is 21.6 Å². The molecule has 0 radical (unpaired) electrons. The van der Waals surface area contributed by atoms with Gasteiger partial charge in [0.15, 0.2) is 11.6 Å². The molecule has 0 fully saturated rings. The van der Waals surface area contributed by atoms with Crippen LogP contribution in [-0.2, 0) is 23.7 Å².